The van der Waals surface area contributed by atoms with Crippen LogP contribution in [0.3, 0.4) is 0 Å². The first kappa shape index (κ1) is 38.8. The van der Waals surface area contributed by atoms with Crippen molar-refractivity contribution in [2.45, 2.75) is 33.1 Å². The van der Waals surface area contributed by atoms with Gasteiger partial charge in [-0.05, 0) is 36.1 Å². The normalized spacial score (nSPS) is 11.1. The van der Waals surface area contributed by atoms with Crippen molar-refractivity contribution >= 4 is 49.6 Å². The summed E-state index contributed by atoms with van der Waals surface area (Å²) in [5.74, 6) is 0. The summed E-state index contributed by atoms with van der Waals surface area (Å²) in [4.78, 5) is 0. The first-order valence-electron chi connectivity index (χ1n) is 16.7. The zero-order chi connectivity index (χ0) is 33.1. The average molecular weight is 769 g/mol. The number of halogens is 2. The van der Waals surface area contributed by atoms with Crippen LogP contribution in [0.1, 0.15) is 28.7 Å². The van der Waals surface area contributed by atoms with Crippen LogP contribution in [0.15, 0.2) is 170 Å². The van der Waals surface area contributed by atoms with Crippen LogP contribution in [-0.2, 0) is 37.1 Å². The molecule has 8 rings (SSSR count). The van der Waals surface area contributed by atoms with Crippen molar-refractivity contribution in [3.63, 3.8) is 0 Å². The molecule has 0 fully saturated rings. The summed E-state index contributed by atoms with van der Waals surface area (Å²) in [5, 5.41) is 5.29. The minimum absolute atomic E-state index is 0. The Morgan fingerprint density at radius 3 is 1.40 bits per heavy atom. The Labute approximate surface area is 325 Å². The van der Waals surface area contributed by atoms with Gasteiger partial charge in [0.25, 0.3) is 0 Å². The number of hydrogen-bond acceptors (Lipinski definition) is 0. The Morgan fingerprint density at radius 1 is 0.580 bits per heavy atom. The van der Waals surface area contributed by atoms with Gasteiger partial charge in [-0.2, -0.15) is 6.08 Å². The molecule has 0 spiro atoms. The van der Waals surface area contributed by atoms with E-state index in [2.05, 4.69) is 178 Å². The molecule has 0 aromatic heterocycles. The molecule has 3 heteroatoms. The number of allylic oxidation sites excluding steroid dienone is 4. The molecule has 0 N–H and O–H groups in total. The zero-order valence-corrected chi connectivity index (χ0v) is 32.7. The monoisotopic (exact) mass is 766 g/mol. The van der Waals surface area contributed by atoms with E-state index in [1.807, 2.05) is 12.2 Å². The Hall–Kier alpha value is -4.00. The van der Waals surface area contributed by atoms with E-state index in [1.54, 1.807) is 27.4 Å². The van der Waals surface area contributed by atoms with E-state index < -0.39 is 0 Å². The van der Waals surface area contributed by atoms with Crippen molar-refractivity contribution in [2.24, 2.45) is 0 Å². The van der Waals surface area contributed by atoms with Crippen LogP contribution < -0.4 is 0 Å². The van der Waals surface area contributed by atoms with Crippen LogP contribution in [0.25, 0.3) is 43.8 Å². The molecule has 0 heterocycles. The molecule has 0 saturated heterocycles. The molecule has 1 aliphatic carbocycles. The Bertz CT molecular complexity index is 2040. The standard InChI is InChI=1S/C27H21.C15H14.C5H5.2ClH.Zr/c1-18-7-3-5-9-24(18)20-11-13-26-22(15-20)17-23-16-21(12-14-27(23)26)25-10-6-4-8-19(25)2;1-3-8-14(9-4-1)12-7-13-15-10-5-2-6-11-15;1-2-4-5-3-1;;;/h3-17H,1-2H3;1-6,8-11H,12-13H2;1-3H,4H2;2*1H;/q-1;;-1;;;+2. The molecule has 0 saturated carbocycles. The topological polar surface area (TPSA) is 0 Å². The van der Waals surface area contributed by atoms with Gasteiger partial charge in [-0.15, -0.1) is 71.0 Å². The van der Waals surface area contributed by atoms with E-state index in [0.717, 1.165) is 19.3 Å². The molecule has 0 aliphatic heterocycles. The first-order valence-corrected chi connectivity index (χ1v) is 17.9. The fraction of sp³-hybridized carbons (Fsp3) is 0.106. The van der Waals surface area contributed by atoms with Gasteiger partial charge in [-0.1, -0.05) is 83.9 Å². The summed E-state index contributed by atoms with van der Waals surface area (Å²) in [5.41, 5.74) is 10.7. The molecule has 0 unspecified atom stereocenters. The maximum absolute atomic E-state index is 2.99. The van der Waals surface area contributed by atoms with Crippen molar-refractivity contribution in [1.29, 1.82) is 0 Å². The summed E-state index contributed by atoms with van der Waals surface area (Å²) in [6, 6.07) is 54.6. The second kappa shape index (κ2) is 19.4. The van der Waals surface area contributed by atoms with E-state index in [1.165, 1.54) is 66.1 Å². The van der Waals surface area contributed by atoms with E-state index >= 15 is 0 Å². The number of aryl methyl sites for hydroxylation is 2. The molecule has 1 aliphatic rings. The third-order valence-corrected chi connectivity index (χ3v) is 9.59. The summed E-state index contributed by atoms with van der Waals surface area (Å²) >= 11 is 1.55. The van der Waals surface area contributed by atoms with Crippen LogP contribution >= 0.6 is 24.8 Å². The second-order valence-electron chi connectivity index (χ2n) is 12.3. The van der Waals surface area contributed by atoms with Gasteiger partial charge in [0.15, 0.2) is 0 Å². The van der Waals surface area contributed by atoms with Gasteiger partial charge in [0.1, 0.15) is 0 Å². The molecule has 0 radical (unpaired) electrons. The van der Waals surface area contributed by atoms with E-state index in [9.17, 15) is 0 Å². The number of rotatable bonds is 6. The van der Waals surface area contributed by atoms with Crippen LogP contribution in [-0.4, -0.2) is 3.21 Å². The quantitative estimate of drug-likeness (QED) is 0.148. The SMILES string of the molecule is Cc1ccccc1-c1ccc2c(c1)[cH-]c1cc(-c3ccccc3C)ccc12.Cl.Cl.[C-]1=CC=CC1.[Zr+2]=[C](Cc1ccccc1)Cc1ccccc1. The fourth-order valence-corrected chi connectivity index (χ4v) is 7.24. The first-order chi connectivity index (χ1) is 23.5. The average Bonchev–Trinajstić information content (AvgIpc) is 3.82. The zero-order valence-electron chi connectivity index (χ0n) is 28.6. The number of hydrogen-bond donors (Lipinski definition) is 0. The number of benzene rings is 6. The molecule has 0 nitrogen and oxygen atoms in total. The summed E-state index contributed by atoms with van der Waals surface area (Å²) in [6.45, 7) is 4.35. The van der Waals surface area contributed by atoms with Crippen LogP contribution in [0, 0.1) is 19.9 Å². The molecule has 50 heavy (non-hydrogen) atoms. The third-order valence-electron chi connectivity index (χ3n) is 8.72. The van der Waals surface area contributed by atoms with Crippen LogP contribution in [0.5, 0.6) is 0 Å². The summed E-state index contributed by atoms with van der Waals surface area (Å²) in [7, 11) is 0. The van der Waals surface area contributed by atoms with Crippen molar-refractivity contribution in [2.75, 3.05) is 0 Å². The van der Waals surface area contributed by atoms with Crippen LogP contribution in [0.4, 0.5) is 0 Å². The fourth-order valence-electron chi connectivity index (χ4n) is 6.24. The van der Waals surface area contributed by atoms with Gasteiger partial charge in [0.05, 0.1) is 0 Å². The van der Waals surface area contributed by atoms with Gasteiger partial charge >= 0.3 is 112 Å². The molecule has 7 aromatic carbocycles. The molecule has 0 atom stereocenters. The van der Waals surface area contributed by atoms with Gasteiger partial charge in [0.2, 0.25) is 0 Å². The van der Waals surface area contributed by atoms with Crippen molar-refractivity contribution in [1.82, 2.24) is 0 Å². The predicted molar refractivity (Wildman–Crippen MR) is 219 cm³/mol. The Kier molecular flexibility index (Phi) is 15.1. The molecule has 248 valence electrons. The number of fused-ring (bicyclic) bond motifs is 3. The molecular weight excluding hydrogens is 727 g/mol. The van der Waals surface area contributed by atoms with Crippen molar-refractivity contribution < 1.29 is 24.2 Å². The second-order valence-corrected chi connectivity index (χ2v) is 14.0. The van der Waals surface area contributed by atoms with Crippen molar-refractivity contribution in [3.05, 3.63) is 198 Å². The Morgan fingerprint density at radius 2 is 1.02 bits per heavy atom. The minimum atomic E-state index is 0. The maximum atomic E-state index is 2.99. The summed E-state index contributed by atoms with van der Waals surface area (Å²) in [6.07, 6.45) is 12.2. The van der Waals surface area contributed by atoms with Gasteiger partial charge in [-0.3, -0.25) is 6.08 Å². The van der Waals surface area contributed by atoms with E-state index in [-0.39, 0.29) is 24.8 Å². The third kappa shape index (κ3) is 10.3. The van der Waals surface area contributed by atoms with Gasteiger partial charge < -0.3 is 0 Å². The predicted octanol–water partition coefficient (Wildman–Crippen LogP) is 13.0. The van der Waals surface area contributed by atoms with Gasteiger partial charge in [0, 0.05) is 0 Å². The van der Waals surface area contributed by atoms with Crippen LogP contribution in [0.2, 0.25) is 0 Å². The molecule has 0 amide bonds. The Balaban J connectivity index is 0.000000208. The molecular formula is C47H42Cl2Zr. The summed E-state index contributed by atoms with van der Waals surface area (Å²) < 4.78 is 1.60. The molecule has 0 bridgehead atoms. The van der Waals surface area contributed by atoms with Crippen molar-refractivity contribution in [3.8, 4) is 22.3 Å². The van der Waals surface area contributed by atoms with E-state index in [4.69, 9.17) is 0 Å². The van der Waals surface area contributed by atoms with Gasteiger partial charge in [-0.25, -0.2) is 12.2 Å². The molecule has 7 aromatic rings. The van der Waals surface area contributed by atoms with E-state index in [0.29, 0.717) is 0 Å².